The van der Waals surface area contributed by atoms with Gasteiger partial charge in [0.2, 0.25) is 0 Å². The van der Waals surface area contributed by atoms with E-state index in [1.807, 2.05) is 0 Å². The van der Waals surface area contributed by atoms with E-state index in [1.165, 1.54) is 0 Å². The van der Waals surface area contributed by atoms with Gasteiger partial charge in [0.15, 0.2) is 0 Å². The summed E-state index contributed by atoms with van der Waals surface area (Å²) in [7, 11) is 6.29. The summed E-state index contributed by atoms with van der Waals surface area (Å²) in [5.74, 6) is 4.88. The van der Waals surface area contributed by atoms with E-state index in [1.54, 1.807) is 0 Å². The summed E-state index contributed by atoms with van der Waals surface area (Å²) < 4.78 is 0.891. The number of hydrogen-bond acceptors (Lipinski definition) is 3. The Morgan fingerprint density at radius 3 is 2.20 bits per heavy atom. The molecule has 0 aliphatic carbocycles. The first-order valence-corrected chi connectivity index (χ1v) is 2.94. The maximum atomic E-state index is 4.88. The van der Waals surface area contributed by atoms with Crippen molar-refractivity contribution >= 4 is 0 Å². The largest absolute Gasteiger partial charge is 1.00 e. The molecule has 4 nitrogen and oxygen atoms in total. The van der Waals surface area contributed by atoms with Crippen LogP contribution in [0, 0.1) is 0 Å². The Balaban J connectivity index is 0. The van der Waals surface area contributed by atoms with Crippen LogP contribution >= 0.6 is 0 Å². The molecule has 0 aromatic carbocycles. The Morgan fingerprint density at radius 2 is 1.90 bits per heavy atom. The Kier molecular flexibility index (Phi) is 7.51. The molecule has 5 heteroatoms. The van der Waals surface area contributed by atoms with Crippen molar-refractivity contribution in [3.8, 4) is 0 Å². The van der Waals surface area contributed by atoms with Crippen LogP contribution in [-0.2, 0) is 4.84 Å². The van der Waals surface area contributed by atoms with Gasteiger partial charge in [0.25, 0.3) is 0 Å². The Labute approximate surface area is 68.2 Å². The quantitative estimate of drug-likeness (QED) is 0.196. The summed E-state index contributed by atoms with van der Waals surface area (Å²) in [6.45, 7) is 1.59. The highest BCUT2D eigenvalue weighted by molar-refractivity contribution is 4.22. The van der Waals surface area contributed by atoms with Gasteiger partial charge in [-0.15, -0.1) is 5.59 Å². The van der Waals surface area contributed by atoms with Gasteiger partial charge in [-0.25, -0.2) is 5.84 Å². The summed E-state index contributed by atoms with van der Waals surface area (Å²) in [6, 6.07) is 0. The second-order valence-electron chi connectivity index (χ2n) is 2.98. The van der Waals surface area contributed by atoms with Crippen molar-refractivity contribution in [3.05, 3.63) is 0 Å². The van der Waals surface area contributed by atoms with Crippen LogP contribution in [0.3, 0.4) is 0 Å². The van der Waals surface area contributed by atoms with E-state index in [2.05, 4.69) is 26.7 Å². The first-order valence-electron chi connectivity index (χ1n) is 2.94. The second kappa shape index (κ2) is 5.88. The zero-order valence-corrected chi connectivity index (χ0v) is 7.48. The summed E-state index contributed by atoms with van der Waals surface area (Å²) in [4.78, 5) is 4.72. The van der Waals surface area contributed by atoms with Gasteiger partial charge >= 0.3 is 0 Å². The fourth-order valence-electron chi connectivity index (χ4n) is 0.378. The standard InChI is InChI=1S/C5H16N3O.ClH/c1-8(2,3)4-5-9-7-6;/h7H,4-6H2,1-3H3;1H/q+1;/p-1. The van der Waals surface area contributed by atoms with E-state index in [9.17, 15) is 0 Å². The molecule has 0 radical (unpaired) electrons. The van der Waals surface area contributed by atoms with Crippen LogP contribution in [0.1, 0.15) is 0 Å². The van der Waals surface area contributed by atoms with E-state index in [4.69, 9.17) is 10.7 Å². The molecule has 64 valence electrons. The molecular weight excluding hydrogens is 154 g/mol. The average Bonchev–Trinajstić information content (AvgIpc) is 1.63. The van der Waals surface area contributed by atoms with Crippen molar-refractivity contribution in [2.75, 3.05) is 34.3 Å². The fraction of sp³-hybridized carbons (Fsp3) is 1.00. The summed E-state index contributed by atoms with van der Waals surface area (Å²) in [5, 5.41) is 0. The number of hydrazine groups is 1. The van der Waals surface area contributed by atoms with Gasteiger partial charge in [-0.3, -0.25) is 4.84 Å². The van der Waals surface area contributed by atoms with Gasteiger partial charge in [0, 0.05) is 0 Å². The third-order valence-electron chi connectivity index (χ3n) is 0.948. The fourth-order valence-corrected chi connectivity index (χ4v) is 0.378. The van der Waals surface area contributed by atoms with E-state index in [-0.39, 0.29) is 12.4 Å². The minimum Gasteiger partial charge on any atom is -1.00 e. The van der Waals surface area contributed by atoms with Crippen LogP contribution < -0.4 is 23.8 Å². The van der Waals surface area contributed by atoms with Crippen molar-refractivity contribution in [1.82, 2.24) is 5.59 Å². The summed E-state index contributed by atoms with van der Waals surface area (Å²) in [6.07, 6.45) is 0. The highest BCUT2D eigenvalue weighted by Gasteiger charge is 2.04. The number of quaternary nitrogens is 1. The molecule has 3 N–H and O–H groups in total. The lowest BCUT2D eigenvalue weighted by Crippen LogP contribution is -3.00. The maximum Gasteiger partial charge on any atom is 0.119 e. The molecule has 0 aliphatic heterocycles. The van der Waals surface area contributed by atoms with Crippen molar-refractivity contribution < 1.29 is 21.7 Å². The van der Waals surface area contributed by atoms with E-state index in [0.717, 1.165) is 11.0 Å². The normalized spacial score (nSPS) is 10.8. The Bertz CT molecular complexity index is 73.8. The molecule has 0 rings (SSSR count). The lowest BCUT2D eigenvalue weighted by atomic mass is 10.5. The topological polar surface area (TPSA) is 47.3 Å². The summed E-state index contributed by atoms with van der Waals surface area (Å²) >= 11 is 0. The molecule has 0 saturated heterocycles. The van der Waals surface area contributed by atoms with Crippen LogP contribution in [0.15, 0.2) is 0 Å². The monoisotopic (exact) mass is 169 g/mol. The molecule has 0 fully saturated rings. The lowest BCUT2D eigenvalue weighted by Gasteiger charge is -2.22. The number of nitrogens with two attached hydrogens (primary N) is 1. The predicted octanol–water partition coefficient (Wildman–Crippen LogP) is -3.91. The van der Waals surface area contributed by atoms with Crippen molar-refractivity contribution in [2.24, 2.45) is 5.84 Å². The van der Waals surface area contributed by atoms with Gasteiger partial charge in [0.1, 0.15) is 13.2 Å². The lowest BCUT2D eigenvalue weighted by molar-refractivity contribution is -0.871. The first-order chi connectivity index (χ1) is 4.06. The second-order valence-corrected chi connectivity index (χ2v) is 2.98. The average molecular weight is 170 g/mol. The minimum atomic E-state index is 0. The van der Waals surface area contributed by atoms with Crippen LogP contribution in [0.2, 0.25) is 0 Å². The third kappa shape index (κ3) is 11.0. The van der Waals surface area contributed by atoms with Crippen LogP contribution in [0.25, 0.3) is 0 Å². The van der Waals surface area contributed by atoms with Crippen LogP contribution in [0.5, 0.6) is 0 Å². The SMILES string of the molecule is C[N+](C)(C)CCONN.[Cl-]. The smallest absolute Gasteiger partial charge is 0.119 e. The van der Waals surface area contributed by atoms with Gasteiger partial charge in [0.05, 0.1) is 21.1 Å². The van der Waals surface area contributed by atoms with Crippen molar-refractivity contribution in [2.45, 2.75) is 0 Å². The van der Waals surface area contributed by atoms with E-state index >= 15 is 0 Å². The van der Waals surface area contributed by atoms with Crippen LogP contribution in [-0.4, -0.2) is 38.8 Å². The van der Waals surface area contributed by atoms with Gasteiger partial charge < -0.3 is 16.9 Å². The van der Waals surface area contributed by atoms with Crippen molar-refractivity contribution in [1.29, 1.82) is 0 Å². The van der Waals surface area contributed by atoms with Gasteiger partial charge in [-0.05, 0) is 0 Å². The number of likely N-dealkylation sites (N-methyl/N-ethyl adjacent to an activating group) is 1. The molecular formula is C5H16ClN3O. The zero-order chi connectivity index (χ0) is 7.33. The predicted molar refractivity (Wildman–Crippen MR) is 36.2 cm³/mol. The Hall–Kier alpha value is 0.130. The highest BCUT2D eigenvalue weighted by atomic mass is 35.5. The number of halogens is 1. The summed E-state index contributed by atoms with van der Waals surface area (Å²) in [5.41, 5.74) is 2.13. The molecule has 0 saturated carbocycles. The van der Waals surface area contributed by atoms with Crippen molar-refractivity contribution in [3.63, 3.8) is 0 Å². The number of nitrogens with one attached hydrogen (secondary N) is 1. The highest BCUT2D eigenvalue weighted by Crippen LogP contribution is 1.86. The number of hydrogen-bond donors (Lipinski definition) is 2. The molecule has 10 heavy (non-hydrogen) atoms. The molecule has 0 aliphatic rings. The van der Waals surface area contributed by atoms with Crippen LogP contribution in [0.4, 0.5) is 0 Å². The first kappa shape index (κ1) is 12.8. The molecule has 0 bridgehead atoms. The minimum absolute atomic E-state index is 0. The molecule has 0 heterocycles. The molecule has 0 unspecified atom stereocenters. The number of rotatable bonds is 4. The molecule has 0 amide bonds. The molecule has 0 spiro atoms. The molecule has 0 aromatic rings. The maximum absolute atomic E-state index is 4.88. The van der Waals surface area contributed by atoms with E-state index < -0.39 is 0 Å². The van der Waals surface area contributed by atoms with Gasteiger partial charge in [-0.2, -0.15) is 0 Å². The number of nitrogens with zero attached hydrogens (tertiary/aromatic N) is 1. The molecule has 0 aromatic heterocycles. The van der Waals surface area contributed by atoms with Gasteiger partial charge in [-0.1, -0.05) is 0 Å². The van der Waals surface area contributed by atoms with E-state index in [0.29, 0.717) is 6.61 Å². The third-order valence-corrected chi connectivity index (χ3v) is 0.948. The molecule has 0 atom stereocenters. The zero-order valence-electron chi connectivity index (χ0n) is 6.72. The Morgan fingerprint density at radius 1 is 1.40 bits per heavy atom.